The first-order chi connectivity index (χ1) is 11.0. The van der Waals surface area contributed by atoms with E-state index in [9.17, 15) is 0 Å². The number of halogens is 3. The second kappa shape index (κ2) is 7.81. The molecule has 8 heteroatoms. The van der Waals surface area contributed by atoms with Crippen LogP contribution in [0.25, 0.3) is 0 Å². The van der Waals surface area contributed by atoms with Crippen LogP contribution in [-0.4, -0.2) is 22.5 Å². The van der Waals surface area contributed by atoms with Crippen LogP contribution in [0.2, 0.25) is 10.0 Å². The number of hydrogen-bond acceptors (Lipinski definition) is 5. The van der Waals surface area contributed by atoms with Crippen molar-refractivity contribution in [2.75, 3.05) is 0 Å². The molecule has 3 rings (SSSR count). The summed E-state index contributed by atoms with van der Waals surface area (Å²) in [6.07, 6.45) is 6.53. The molecule has 0 aromatic heterocycles. The molecule has 24 heavy (non-hydrogen) atoms. The molecule has 1 heterocycles. The van der Waals surface area contributed by atoms with Gasteiger partial charge in [-0.2, -0.15) is 4.99 Å². The van der Waals surface area contributed by atoms with Crippen LogP contribution in [0.1, 0.15) is 44.1 Å². The van der Waals surface area contributed by atoms with E-state index in [1.165, 1.54) is 12.8 Å². The molecule has 5 nitrogen and oxygen atoms in total. The second-order valence-corrected chi connectivity index (χ2v) is 6.99. The van der Waals surface area contributed by atoms with Crippen molar-refractivity contribution in [3.63, 3.8) is 0 Å². The number of rotatable bonds is 2. The Morgan fingerprint density at radius 1 is 1.04 bits per heavy atom. The Balaban J connectivity index is 0.00000208. The van der Waals surface area contributed by atoms with Gasteiger partial charge in [-0.25, -0.2) is 4.99 Å². The molecular formula is C16H22Cl3N5. The average Bonchev–Trinajstić information content (AvgIpc) is 2.73. The second-order valence-electron chi connectivity index (χ2n) is 6.17. The number of aliphatic imine (C=N–C) groups is 2. The minimum atomic E-state index is -0.390. The van der Waals surface area contributed by atoms with E-state index in [0.29, 0.717) is 22.5 Å². The van der Waals surface area contributed by atoms with Crippen molar-refractivity contribution in [3.8, 4) is 0 Å². The van der Waals surface area contributed by atoms with Gasteiger partial charge in [0, 0.05) is 6.54 Å². The summed E-state index contributed by atoms with van der Waals surface area (Å²) in [5.74, 6) is 0.695. The van der Waals surface area contributed by atoms with Crippen molar-refractivity contribution in [2.24, 2.45) is 21.5 Å². The van der Waals surface area contributed by atoms with E-state index in [2.05, 4.69) is 9.89 Å². The number of guanidine groups is 2. The highest BCUT2D eigenvalue weighted by Gasteiger charge is 2.40. The summed E-state index contributed by atoms with van der Waals surface area (Å²) < 4.78 is 0. The molecule has 4 N–H and O–H groups in total. The van der Waals surface area contributed by atoms with Crippen LogP contribution in [0.15, 0.2) is 28.2 Å². The van der Waals surface area contributed by atoms with Gasteiger partial charge in [-0.3, -0.25) is 0 Å². The van der Waals surface area contributed by atoms with E-state index in [1.807, 2.05) is 12.1 Å². The third-order valence-corrected chi connectivity index (χ3v) is 5.30. The molecule has 2 aliphatic rings. The Morgan fingerprint density at radius 3 is 2.33 bits per heavy atom. The molecular weight excluding hydrogens is 369 g/mol. The zero-order valence-corrected chi connectivity index (χ0v) is 15.7. The number of benzene rings is 1. The predicted molar refractivity (Wildman–Crippen MR) is 103 cm³/mol. The topological polar surface area (TPSA) is 80.0 Å². The van der Waals surface area contributed by atoms with Gasteiger partial charge >= 0.3 is 0 Å². The van der Waals surface area contributed by atoms with Crippen molar-refractivity contribution in [2.45, 2.75) is 50.7 Å². The minimum absolute atomic E-state index is 0. The van der Waals surface area contributed by atoms with E-state index in [1.54, 1.807) is 6.07 Å². The molecule has 1 aromatic rings. The first-order valence-electron chi connectivity index (χ1n) is 7.91. The van der Waals surface area contributed by atoms with Gasteiger partial charge in [-0.05, 0) is 43.4 Å². The Bertz CT molecular complexity index is 651. The molecule has 1 aliphatic heterocycles. The molecule has 1 spiro atoms. The number of nitrogens with two attached hydrogens (primary N) is 2. The summed E-state index contributed by atoms with van der Waals surface area (Å²) in [5, 5.41) is 1.08. The van der Waals surface area contributed by atoms with E-state index in [4.69, 9.17) is 39.7 Å². The summed E-state index contributed by atoms with van der Waals surface area (Å²) in [7, 11) is 0. The minimum Gasteiger partial charge on any atom is -0.369 e. The average molecular weight is 391 g/mol. The molecule has 1 fully saturated rings. The van der Waals surface area contributed by atoms with Gasteiger partial charge < -0.3 is 16.4 Å². The number of hydrogen-bond donors (Lipinski definition) is 2. The van der Waals surface area contributed by atoms with Crippen molar-refractivity contribution in [1.29, 1.82) is 0 Å². The van der Waals surface area contributed by atoms with Crippen LogP contribution >= 0.6 is 35.6 Å². The molecule has 0 atom stereocenters. The molecule has 0 bridgehead atoms. The van der Waals surface area contributed by atoms with E-state index < -0.39 is 5.66 Å². The smallest absolute Gasteiger partial charge is 0.220 e. The number of nitrogens with zero attached hydrogens (tertiary/aromatic N) is 3. The lowest BCUT2D eigenvalue weighted by Crippen LogP contribution is -2.56. The largest absolute Gasteiger partial charge is 0.369 e. The Morgan fingerprint density at radius 2 is 1.71 bits per heavy atom. The van der Waals surface area contributed by atoms with E-state index in [0.717, 1.165) is 31.2 Å². The standard InChI is InChI=1S/C16H21Cl2N5.ClH/c17-12-6-5-11(9-13(12)18)10-23-15(20)21-14(19)22-16(23)7-3-1-2-4-8-16;/h5-6,9H,1-4,7-8,10H2,(H4,19,20,21,22);1H. The van der Waals surface area contributed by atoms with Gasteiger partial charge in [-0.15, -0.1) is 12.4 Å². The van der Waals surface area contributed by atoms with Gasteiger partial charge in [0.15, 0.2) is 0 Å². The summed E-state index contributed by atoms with van der Waals surface area (Å²) in [6, 6.07) is 5.62. The zero-order valence-electron chi connectivity index (χ0n) is 13.3. The monoisotopic (exact) mass is 389 g/mol. The molecule has 132 valence electrons. The Hall–Kier alpha value is -1.17. The molecule has 1 saturated carbocycles. The first-order valence-corrected chi connectivity index (χ1v) is 8.67. The lowest BCUT2D eigenvalue weighted by atomic mass is 9.97. The molecule has 1 aromatic carbocycles. The van der Waals surface area contributed by atoms with Gasteiger partial charge in [0.05, 0.1) is 10.0 Å². The molecule has 0 amide bonds. The Kier molecular flexibility index (Phi) is 6.23. The third-order valence-electron chi connectivity index (χ3n) is 4.56. The summed E-state index contributed by atoms with van der Waals surface area (Å²) in [5.41, 5.74) is 12.7. The van der Waals surface area contributed by atoms with Crippen molar-refractivity contribution >= 4 is 47.5 Å². The van der Waals surface area contributed by atoms with Crippen LogP contribution in [0, 0.1) is 0 Å². The fourth-order valence-electron chi connectivity index (χ4n) is 3.41. The lowest BCUT2D eigenvalue weighted by molar-refractivity contribution is 0.144. The maximum absolute atomic E-state index is 6.20. The Labute approximate surface area is 158 Å². The van der Waals surface area contributed by atoms with Gasteiger partial charge in [0.1, 0.15) is 5.66 Å². The maximum Gasteiger partial charge on any atom is 0.220 e. The van der Waals surface area contributed by atoms with Gasteiger partial charge in [0.25, 0.3) is 0 Å². The van der Waals surface area contributed by atoms with Crippen LogP contribution in [0.3, 0.4) is 0 Å². The summed E-state index contributed by atoms with van der Waals surface area (Å²) in [6.45, 7) is 0.586. The summed E-state index contributed by atoms with van der Waals surface area (Å²) >= 11 is 12.1. The highest BCUT2D eigenvalue weighted by molar-refractivity contribution is 6.42. The highest BCUT2D eigenvalue weighted by Crippen LogP contribution is 2.36. The highest BCUT2D eigenvalue weighted by atomic mass is 35.5. The fraction of sp³-hybridized carbons (Fsp3) is 0.500. The van der Waals surface area contributed by atoms with Crippen molar-refractivity contribution < 1.29 is 0 Å². The quantitative estimate of drug-likeness (QED) is 0.803. The fourth-order valence-corrected chi connectivity index (χ4v) is 3.74. The van der Waals surface area contributed by atoms with Crippen LogP contribution in [-0.2, 0) is 6.54 Å². The molecule has 0 unspecified atom stereocenters. The zero-order chi connectivity index (χ0) is 16.4. The molecule has 0 radical (unpaired) electrons. The predicted octanol–water partition coefficient (Wildman–Crippen LogP) is 3.91. The van der Waals surface area contributed by atoms with Crippen molar-refractivity contribution in [1.82, 2.24) is 4.90 Å². The summed E-state index contributed by atoms with van der Waals surface area (Å²) in [4.78, 5) is 10.9. The lowest BCUT2D eigenvalue weighted by Gasteiger charge is -2.43. The van der Waals surface area contributed by atoms with Crippen LogP contribution in [0.4, 0.5) is 0 Å². The third kappa shape index (κ3) is 3.90. The van der Waals surface area contributed by atoms with Crippen LogP contribution < -0.4 is 11.5 Å². The normalized spacial score (nSPS) is 20.0. The van der Waals surface area contributed by atoms with Crippen LogP contribution in [0.5, 0.6) is 0 Å². The molecule has 0 saturated heterocycles. The maximum atomic E-state index is 6.20. The molecule has 1 aliphatic carbocycles. The van der Waals surface area contributed by atoms with Gasteiger partial charge in [-0.1, -0.05) is 42.1 Å². The van der Waals surface area contributed by atoms with Crippen molar-refractivity contribution in [3.05, 3.63) is 33.8 Å². The first kappa shape index (κ1) is 19.2. The van der Waals surface area contributed by atoms with E-state index in [-0.39, 0.29) is 18.4 Å². The van der Waals surface area contributed by atoms with Gasteiger partial charge in [0.2, 0.25) is 11.9 Å². The SMILES string of the molecule is Cl.NC1=NC2(CCCCCC2)N(Cc2ccc(Cl)c(Cl)c2)C(N)=N1. The van der Waals surface area contributed by atoms with E-state index >= 15 is 0 Å².